The number of phenols is 2. The third-order valence-corrected chi connectivity index (χ3v) is 19.4. The molecule has 5 aromatic rings. The van der Waals surface area contributed by atoms with E-state index in [4.69, 9.17) is 4.74 Å². The number of anilines is 1. The average molecular weight is 1110 g/mol. The quantitative estimate of drug-likeness (QED) is 0.0407. The number of hydrogen-bond acceptors (Lipinski definition) is 11. The number of fused-ring (bicyclic) bond motifs is 10. The normalized spacial score (nSPS) is 29.4. The van der Waals surface area contributed by atoms with E-state index in [0.717, 1.165) is 108 Å². The van der Waals surface area contributed by atoms with Crippen molar-refractivity contribution in [3.05, 3.63) is 142 Å². The summed E-state index contributed by atoms with van der Waals surface area (Å²) in [7, 11) is 1.49. The minimum atomic E-state index is -1.85. The molecule has 0 saturated heterocycles. The summed E-state index contributed by atoms with van der Waals surface area (Å²) in [6, 6.07) is 25.5. The molecule has 3 heterocycles. The second-order valence-corrected chi connectivity index (χ2v) is 25.0. The van der Waals surface area contributed by atoms with Gasteiger partial charge in [0.15, 0.2) is 29.2 Å². The molecule has 9 bridgehead atoms. The summed E-state index contributed by atoms with van der Waals surface area (Å²) in [5.74, 6) is 5.83. The molecule has 12 atom stereocenters. The van der Waals surface area contributed by atoms with E-state index < -0.39 is 53.0 Å². The number of aryl methyl sites for hydroxylation is 1. The molecule has 436 valence electrons. The molecule has 2 saturated carbocycles. The number of ketones is 2. The Morgan fingerprint density at radius 2 is 1.66 bits per heavy atom. The number of hydrogen-bond donors (Lipinski definition) is 9. The molecule has 3 aliphatic carbocycles. The summed E-state index contributed by atoms with van der Waals surface area (Å²) in [6.07, 6.45) is 15.7. The Labute approximate surface area is 485 Å². The topological polar surface area (TPSA) is 196 Å². The molecule has 4 aromatic carbocycles. The van der Waals surface area contributed by atoms with Crippen molar-refractivity contribution in [2.45, 2.75) is 165 Å². The molecule has 1 spiro atoms. The van der Waals surface area contributed by atoms with E-state index in [1.165, 1.54) is 13.5 Å². The number of aromatic amines is 1. The van der Waals surface area contributed by atoms with Gasteiger partial charge in [-0.25, -0.2) is 0 Å². The molecule has 0 amide bonds. The molecular weight excluding hydrogens is 1020 g/mol. The third kappa shape index (κ3) is 13.0. The van der Waals surface area contributed by atoms with Crippen LogP contribution in [0.3, 0.4) is 0 Å². The Morgan fingerprint density at radius 1 is 0.829 bits per heavy atom. The number of dihydropyridines is 1. The fraction of sp³-hybridized carbons (Fsp3) is 0.514. The molecule has 5 aliphatic rings. The van der Waals surface area contributed by atoms with Gasteiger partial charge in [0.25, 0.3) is 0 Å². The Bertz CT molecular complexity index is 3170. The highest BCUT2D eigenvalue weighted by molar-refractivity contribution is 6.06. The lowest BCUT2D eigenvalue weighted by atomic mass is 9.58. The summed E-state index contributed by atoms with van der Waals surface area (Å²) in [6.45, 7) is 8.17. The first-order valence-corrected chi connectivity index (χ1v) is 30.9. The Morgan fingerprint density at radius 3 is 2.46 bits per heavy atom. The summed E-state index contributed by atoms with van der Waals surface area (Å²) in [4.78, 5) is 33.6. The second kappa shape index (κ2) is 26.5. The number of allylic oxidation sites excluding steroid dienone is 2. The number of carbonyl (C=O) groups excluding carboxylic acids is 2. The molecule has 1 aromatic heterocycles. The zero-order valence-electron chi connectivity index (χ0n) is 48.7. The smallest absolute Gasteiger partial charge is 0.173 e. The maximum atomic E-state index is 15.4. The van der Waals surface area contributed by atoms with E-state index >= 15 is 4.79 Å². The SMILES string of the molecule is CCCCCC1CCCC2(C1)c1cc(c[nH]1)C(C)CNCC(O)Cc1ccc3ccc(cc3c1O)NC1=CC(=CCN1)CC1CC3C#CC(c4ccccc4)c4cc(O)c(OC)cc4CCC(=O)C(O)C(=O)C3CC(C1)C(CCC)C2O. The van der Waals surface area contributed by atoms with E-state index in [1.54, 1.807) is 12.1 Å². The molecule has 10 rings (SSSR count). The van der Waals surface area contributed by atoms with Crippen LogP contribution in [0.2, 0.25) is 0 Å². The number of aliphatic hydroxyl groups is 3. The number of aromatic nitrogens is 1. The Balaban J connectivity index is 1.11. The molecule has 9 N–H and O–H groups in total. The standard InChI is InChI=1S/C70H88N4O8/c1-5-7-9-14-44-15-12-27-70(39-44)64-36-53(41-73-64)43(3)40-71-42-55(75)33-51-19-18-48-20-23-54(37-60(48)66(51)78)74-65-32-45(26-28-72-65)29-46-30-49-21-24-56(47-16-10-8-11-17-47)58-38-62(77)63(82-4)35-50(58)22-25-61(76)68(80)67(79)59(49)34-52(31-46)57(13-6-2)69(70)81/h8,10-11,16-20,23,26,32,35-38,41,43-44,46,49,52,55-57,59,68-69,71-75,77-78,80-81H,5-7,9,12-15,22,25,27-31,33-34,39-40,42H2,1-4H3. The van der Waals surface area contributed by atoms with Gasteiger partial charge in [-0.2, -0.15) is 0 Å². The number of phenolic OH excluding ortho intramolecular Hbond substituents is 2. The number of Topliss-reactive ketones (excluding diaryl/α,β-unsaturated/α-hetero) is 2. The van der Waals surface area contributed by atoms with Gasteiger partial charge in [-0.3, -0.25) is 9.59 Å². The zero-order chi connectivity index (χ0) is 57.5. The molecule has 0 radical (unpaired) electrons. The first-order valence-electron chi connectivity index (χ1n) is 30.9. The van der Waals surface area contributed by atoms with Gasteiger partial charge in [-0.1, -0.05) is 132 Å². The summed E-state index contributed by atoms with van der Waals surface area (Å²) in [5, 5.41) is 72.6. The van der Waals surface area contributed by atoms with E-state index in [9.17, 15) is 30.3 Å². The minimum Gasteiger partial charge on any atom is -0.507 e. The maximum absolute atomic E-state index is 15.4. The number of unbranched alkanes of at least 4 members (excludes halogenated alkanes) is 2. The van der Waals surface area contributed by atoms with E-state index in [1.807, 2.05) is 60.7 Å². The van der Waals surface area contributed by atoms with Crippen molar-refractivity contribution in [3.8, 4) is 29.1 Å². The number of aliphatic hydroxyl groups excluding tert-OH is 3. The van der Waals surface area contributed by atoms with E-state index in [2.05, 4.69) is 78.0 Å². The van der Waals surface area contributed by atoms with Crippen LogP contribution in [0.5, 0.6) is 17.2 Å². The fourth-order valence-electron chi connectivity index (χ4n) is 15.0. The number of carbonyl (C=O) groups is 2. The number of H-pyrrole nitrogens is 1. The van der Waals surface area contributed by atoms with Gasteiger partial charge in [-0.05, 0) is 156 Å². The molecule has 82 heavy (non-hydrogen) atoms. The van der Waals surface area contributed by atoms with Gasteiger partial charge in [-0.15, -0.1) is 0 Å². The number of benzene rings is 4. The van der Waals surface area contributed by atoms with Gasteiger partial charge < -0.3 is 51.2 Å². The van der Waals surface area contributed by atoms with Crippen LogP contribution in [0.25, 0.3) is 10.8 Å². The number of nitrogens with one attached hydrogen (secondary N) is 4. The minimum absolute atomic E-state index is 0.0116. The number of ether oxygens (including phenoxy) is 1. The predicted octanol–water partition coefficient (Wildman–Crippen LogP) is 11.8. The molecule has 12 heteroatoms. The van der Waals surface area contributed by atoms with Crippen molar-refractivity contribution in [1.29, 1.82) is 0 Å². The Hall–Kier alpha value is -6.36. The predicted molar refractivity (Wildman–Crippen MR) is 325 cm³/mol. The van der Waals surface area contributed by atoms with Crippen LogP contribution >= 0.6 is 0 Å². The lowest BCUT2D eigenvalue weighted by molar-refractivity contribution is -0.142. The van der Waals surface area contributed by atoms with E-state index in [-0.39, 0.29) is 53.8 Å². The molecular formula is C70H88N4O8. The van der Waals surface area contributed by atoms with Crippen LogP contribution < -0.4 is 20.7 Å². The molecule has 2 fully saturated rings. The van der Waals surface area contributed by atoms with Crippen molar-refractivity contribution in [2.24, 2.45) is 35.5 Å². The number of rotatable bonds is 8. The van der Waals surface area contributed by atoms with Crippen LogP contribution in [0.15, 0.2) is 109 Å². The Kier molecular flexibility index (Phi) is 19.0. The summed E-state index contributed by atoms with van der Waals surface area (Å²) >= 11 is 0. The first kappa shape index (κ1) is 58.8. The summed E-state index contributed by atoms with van der Waals surface area (Å²) < 4.78 is 5.57. The van der Waals surface area contributed by atoms with Crippen molar-refractivity contribution >= 4 is 28.0 Å². The number of β-amino-alcohol motifs (C(OH)–C–C–N with tert-alkyl or cyclic N) is 1. The maximum Gasteiger partial charge on any atom is 0.173 e. The zero-order valence-corrected chi connectivity index (χ0v) is 48.7. The largest absolute Gasteiger partial charge is 0.507 e. The highest BCUT2D eigenvalue weighted by Crippen LogP contribution is 2.53. The molecule has 2 aliphatic heterocycles. The van der Waals surface area contributed by atoms with Crippen molar-refractivity contribution < 1.29 is 39.9 Å². The molecule has 12 unspecified atom stereocenters. The van der Waals surface area contributed by atoms with Crippen LogP contribution in [0.4, 0.5) is 5.69 Å². The van der Waals surface area contributed by atoms with Crippen LogP contribution in [0.1, 0.15) is 162 Å². The monoisotopic (exact) mass is 1110 g/mol. The van der Waals surface area contributed by atoms with Gasteiger partial charge in [0.05, 0.1) is 25.2 Å². The van der Waals surface area contributed by atoms with E-state index in [0.29, 0.717) is 68.6 Å². The average Bonchev–Trinajstić information content (AvgIpc) is 4.07. The second-order valence-electron chi connectivity index (χ2n) is 25.0. The van der Waals surface area contributed by atoms with Gasteiger partial charge in [0, 0.05) is 72.7 Å². The lowest BCUT2D eigenvalue weighted by Gasteiger charge is -2.48. The number of aromatic hydroxyl groups is 2. The fourth-order valence-corrected chi connectivity index (χ4v) is 15.0. The van der Waals surface area contributed by atoms with Crippen LogP contribution in [-0.4, -0.2) is 87.1 Å². The lowest BCUT2D eigenvalue weighted by Crippen LogP contribution is -2.50. The van der Waals surface area contributed by atoms with Crippen molar-refractivity contribution in [1.82, 2.24) is 15.6 Å². The van der Waals surface area contributed by atoms with Gasteiger partial charge in [0.2, 0.25) is 0 Å². The first-order chi connectivity index (χ1) is 39.7. The number of methoxy groups -OCH3 is 1. The highest BCUT2D eigenvalue weighted by atomic mass is 16.5. The van der Waals surface area contributed by atoms with Crippen LogP contribution in [0, 0.1) is 47.3 Å². The van der Waals surface area contributed by atoms with Crippen molar-refractivity contribution in [3.63, 3.8) is 0 Å². The van der Waals surface area contributed by atoms with Crippen molar-refractivity contribution in [2.75, 3.05) is 32.1 Å². The third-order valence-electron chi connectivity index (χ3n) is 19.4. The van der Waals surface area contributed by atoms with Crippen LogP contribution in [-0.2, 0) is 27.8 Å². The van der Waals surface area contributed by atoms with Gasteiger partial charge >= 0.3 is 0 Å². The molecule has 12 nitrogen and oxygen atoms in total. The van der Waals surface area contributed by atoms with Gasteiger partial charge in [0.1, 0.15) is 11.6 Å². The summed E-state index contributed by atoms with van der Waals surface area (Å²) in [5.41, 5.74) is 6.59. The highest BCUT2D eigenvalue weighted by Gasteiger charge is 2.51.